The molecule has 0 aliphatic heterocycles. The van der Waals surface area contributed by atoms with Gasteiger partial charge in [-0.2, -0.15) is 0 Å². The number of hydrogen-bond acceptors (Lipinski definition) is 5. The number of esters is 1. The molecule has 0 fully saturated rings. The van der Waals surface area contributed by atoms with E-state index in [1.165, 1.54) is 6.08 Å². The molecule has 0 aromatic heterocycles. The van der Waals surface area contributed by atoms with Crippen LogP contribution in [0.3, 0.4) is 0 Å². The van der Waals surface area contributed by atoms with Crippen molar-refractivity contribution < 1.29 is 23.8 Å². The second-order valence-corrected chi connectivity index (χ2v) is 6.25. The van der Waals surface area contributed by atoms with Crippen molar-refractivity contribution in [1.29, 1.82) is 0 Å². The lowest BCUT2D eigenvalue weighted by atomic mass is 9.97. The van der Waals surface area contributed by atoms with Crippen LogP contribution in [0.1, 0.15) is 32.6 Å². The summed E-state index contributed by atoms with van der Waals surface area (Å²) < 4.78 is 15.5. The standard InChI is InChI=1S/C22H24O5/c1-14-10-15(2)22(16(3)11-14)19(23)13-27-21(24)9-6-17-12-18(25-4)7-8-20(17)26-5/h6-12H,13H2,1-5H3. The zero-order valence-corrected chi connectivity index (χ0v) is 16.3. The van der Waals surface area contributed by atoms with Crippen LogP contribution >= 0.6 is 0 Å². The Balaban J connectivity index is 2.05. The van der Waals surface area contributed by atoms with Gasteiger partial charge in [-0.25, -0.2) is 4.79 Å². The van der Waals surface area contributed by atoms with Gasteiger partial charge < -0.3 is 14.2 Å². The highest BCUT2D eigenvalue weighted by atomic mass is 16.5. The van der Waals surface area contributed by atoms with Gasteiger partial charge in [-0.05, 0) is 56.2 Å². The minimum atomic E-state index is -0.601. The highest BCUT2D eigenvalue weighted by Crippen LogP contribution is 2.25. The number of benzene rings is 2. The number of rotatable bonds is 7. The Morgan fingerprint density at radius 3 is 2.22 bits per heavy atom. The third-order valence-corrected chi connectivity index (χ3v) is 4.14. The Kier molecular flexibility index (Phi) is 6.77. The van der Waals surface area contributed by atoms with E-state index in [1.54, 1.807) is 38.5 Å². The van der Waals surface area contributed by atoms with Crippen LogP contribution in [0.5, 0.6) is 11.5 Å². The van der Waals surface area contributed by atoms with Gasteiger partial charge in [0.05, 0.1) is 14.2 Å². The van der Waals surface area contributed by atoms with Crippen molar-refractivity contribution in [1.82, 2.24) is 0 Å². The molecule has 142 valence electrons. The lowest BCUT2D eigenvalue weighted by Crippen LogP contribution is -2.15. The van der Waals surface area contributed by atoms with Crippen LogP contribution in [0.15, 0.2) is 36.4 Å². The summed E-state index contributed by atoms with van der Waals surface area (Å²) in [4.78, 5) is 24.4. The molecule has 0 amide bonds. The molecule has 0 saturated carbocycles. The molecule has 0 unspecified atom stereocenters. The fourth-order valence-electron chi connectivity index (χ4n) is 3.00. The van der Waals surface area contributed by atoms with Gasteiger partial charge in [0.2, 0.25) is 5.78 Å². The van der Waals surface area contributed by atoms with E-state index in [4.69, 9.17) is 14.2 Å². The molecular formula is C22H24O5. The molecule has 2 aromatic carbocycles. The number of carbonyl (C=O) groups excluding carboxylic acids is 2. The number of Topliss-reactive ketones (excluding diaryl/α,β-unsaturated/α-hetero) is 1. The Bertz CT molecular complexity index is 857. The van der Waals surface area contributed by atoms with Gasteiger partial charge in [0, 0.05) is 17.2 Å². The zero-order valence-electron chi connectivity index (χ0n) is 16.3. The van der Waals surface area contributed by atoms with Crippen molar-refractivity contribution in [3.63, 3.8) is 0 Å². The summed E-state index contributed by atoms with van der Waals surface area (Å²) in [5.74, 6) is 0.424. The molecule has 0 N–H and O–H groups in total. The van der Waals surface area contributed by atoms with E-state index in [-0.39, 0.29) is 12.4 Å². The average Bonchev–Trinajstić information content (AvgIpc) is 2.63. The molecule has 5 heteroatoms. The van der Waals surface area contributed by atoms with Crippen LogP contribution in [0.4, 0.5) is 0 Å². The highest BCUT2D eigenvalue weighted by Gasteiger charge is 2.14. The molecule has 0 saturated heterocycles. The van der Waals surface area contributed by atoms with Crippen LogP contribution < -0.4 is 9.47 Å². The number of hydrogen-bond donors (Lipinski definition) is 0. The van der Waals surface area contributed by atoms with Crippen molar-refractivity contribution in [2.45, 2.75) is 20.8 Å². The Morgan fingerprint density at radius 1 is 0.963 bits per heavy atom. The van der Waals surface area contributed by atoms with E-state index in [1.807, 2.05) is 32.9 Å². The topological polar surface area (TPSA) is 61.8 Å². The molecule has 0 bridgehead atoms. The third-order valence-electron chi connectivity index (χ3n) is 4.14. The van der Waals surface area contributed by atoms with Crippen molar-refractivity contribution in [3.05, 3.63) is 64.2 Å². The number of ketones is 1. The van der Waals surface area contributed by atoms with Crippen molar-refractivity contribution >= 4 is 17.8 Å². The Morgan fingerprint density at radius 2 is 1.63 bits per heavy atom. The fraction of sp³-hybridized carbons (Fsp3) is 0.273. The largest absolute Gasteiger partial charge is 0.497 e. The van der Waals surface area contributed by atoms with Crippen LogP contribution in [0.25, 0.3) is 6.08 Å². The summed E-state index contributed by atoms with van der Waals surface area (Å²) in [5.41, 5.74) is 4.13. The fourth-order valence-corrected chi connectivity index (χ4v) is 3.00. The maximum atomic E-state index is 12.4. The smallest absolute Gasteiger partial charge is 0.331 e. The van der Waals surface area contributed by atoms with Crippen LogP contribution in [-0.4, -0.2) is 32.6 Å². The van der Waals surface area contributed by atoms with Crippen LogP contribution in [0, 0.1) is 20.8 Å². The van der Waals surface area contributed by atoms with Gasteiger partial charge in [0.1, 0.15) is 11.5 Å². The first-order valence-corrected chi connectivity index (χ1v) is 8.53. The van der Waals surface area contributed by atoms with Gasteiger partial charge in [0.15, 0.2) is 6.61 Å². The summed E-state index contributed by atoms with van der Waals surface area (Å²) in [5, 5.41) is 0. The molecule has 0 aliphatic rings. The predicted molar refractivity (Wildman–Crippen MR) is 105 cm³/mol. The molecule has 0 aliphatic carbocycles. The number of methoxy groups -OCH3 is 2. The molecule has 0 atom stereocenters. The second kappa shape index (κ2) is 9.03. The lowest BCUT2D eigenvalue weighted by Gasteiger charge is -2.10. The van der Waals surface area contributed by atoms with Crippen molar-refractivity contribution in [3.8, 4) is 11.5 Å². The Labute approximate surface area is 159 Å². The quantitative estimate of drug-likeness (QED) is 0.419. The molecule has 2 aromatic rings. The van der Waals surface area contributed by atoms with Crippen LogP contribution in [0.2, 0.25) is 0 Å². The van der Waals surface area contributed by atoms with E-state index < -0.39 is 5.97 Å². The van der Waals surface area contributed by atoms with Gasteiger partial charge in [-0.3, -0.25) is 4.79 Å². The first kappa shape index (κ1) is 20.2. The molecule has 2 rings (SSSR count). The summed E-state index contributed by atoms with van der Waals surface area (Å²) in [7, 11) is 3.10. The first-order chi connectivity index (χ1) is 12.8. The minimum absolute atomic E-state index is 0.217. The van der Waals surface area contributed by atoms with E-state index in [9.17, 15) is 9.59 Å². The average molecular weight is 368 g/mol. The first-order valence-electron chi connectivity index (χ1n) is 8.53. The van der Waals surface area contributed by atoms with Gasteiger partial charge in [-0.15, -0.1) is 0 Å². The molecule has 5 nitrogen and oxygen atoms in total. The molecular weight excluding hydrogens is 344 g/mol. The van der Waals surface area contributed by atoms with Crippen molar-refractivity contribution in [2.24, 2.45) is 0 Å². The maximum absolute atomic E-state index is 12.4. The van der Waals surface area contributed by atoms with Gasteiger partial charge in [-0.1, -0.05) is 17.7 Å². The van der Waals surface area contributed by atoms with E-state index in [0.29, 0.717) is 22.6 Å². The second-order valence-electron chi connectivity index (χ2n) is 6.25. The van der Waals surface area contributed by atoms with E-state index in [2.05, 4.69) is 0 Å². The molecule has 27 heavy (non-hydrogen) atoms. The summed E-state index contributed by atoms with van der Waals surface area (Å²) >= 11 is 0. The van der Waals surface area contributed by atoms with E-state index in [0.717, 1.165) is 16.7 Å². The number of aryl methyl sites for hydroxylation is 3. The number of carbonyl (C=O) groups is 2. The Hall–Kier alpha value is -3.08. The highest BCUT2D eigenvalue weighted by molar-refractivity contribution is 6.01. The number of ether oxygens (including phenoxy) is 3. The zero-order chi connectivity index (χ0) is 20.0. The van der Waals surface area contributed by atoms with Gasteiger partial charge >= 0.3 is 5.97 Å². The van der Waals surface area contributed by atoms with Gasteiger partial charge in [0.25, 0.3) is 0 Å². The third kappa shape index (κ3) is 5.20. The maximum Gasteiger partial charge on any atom is 0.331 e. The molecule has 0 radical (unpaired) electrons. The predicted octanol–water partition coefficient (Wildman–Crippen LogP) is 4.07. The van der Waals surface area contributed by atoms with Crippen molar-refractivity contribution in [2.75, 3.05) is 20.8 Å². The minimum Gasteiger partial charge on any atom is -0.497 e. The van der Waals surface area contributed by atoms with E-state index >= 15 is 0 Å². The summed E-state index contributed by atoms with van der Waals surface area (Å²) in [6.45, 7) is 5.43. The molecule has 0 heterocycles. The lowest BCUT2D eigenvalue weighted by molar-refractivity contribution is -0.136. The summed E-state index contributed by atoms with van der Waals surface area (Å²) in [6, 6.07) is 9.14. The van der Waals surface area contributed by atoms with Crippen LogP contribution in [-0.2, 0) is 9.53 Å². The summed E-state index contributed by atoms with van der Waals surface area (Å²) in [6.07, 6.45) is 2.83. The molecule has 0 spiro atoms. The normalized spacial score (nSPS) is 10.7. The SMILES string of the molecule is COc1ccc(OC)c(C=CC(=O)OCC(=O)c2c(C)cc(C)cc2C)c1. The monoisotopic (exact) mass is 368 g/mol.